The Labute approximate surface area is 257 Å². The highest BCUT2D eigenvalue weighted by atomic mass is 19.4. The number of halogens is 4. The molecule has 0 saturated carbocycles. The van der Waals surface area contributed by atoms with Gasteiger partial charge < -0.3 is 15.4 Å². The molecule has 3 heterocycles. The van der Waals surface area contributed by atoms with Gasteiger partial charge in [0.2, 0.25) is 0 Å². The van der Waals surface area contributed by atoms with Crippen molar-refractivity contribution < 1.29 is 22.3 Å². The molecule has 0 bridgehead atoms. The second-order valence-electron chi connectivity index (χ2n) is 11.0. The van der Waals surface area contributed by atoms with Crippen molar-refractivity contribution >= 4 is 5.69 Å². The summed E-state index contributed by atoms with van der Waals surface area (Å²) < 4.78 is 64.0. The highest BCUT2D eigenvalue weighted by molar-refractivity contribution is 5.50. The van der Waals surface area contributed by atoms with E-state index in [1.54, 1.807) is 55.9 Å². The minimum atomic E-state index is -4.85. The highest BCUT2D eigenvalue weighted by Crippen LogP contribution is 2.33. The van der Waals surface area contributed by atoms with Crippen molar-refractivity contribution in [1.82, 2.24) is 19.0 Å². The third-order valence-electron chi connectivity index (χ3n) is 8.17. The normalized spacial score (nSPS) is 14.9. The zero-order chi connectivity index (χ0) is 32.3. The van der Waals surface area contributed by atoms with E-state index in [0.717, 1.165) is 32.9 Å². The first kappa shape index (κ1) is 31.9. The van der Waals surface area contributed by atoms with E-state index in [1.165, 1.54) is 6.92 Å². The summed E-state index contributed by atoms with van der Waals surface area (Å²) in [5.74, 6) is -0.393. The van der Waals surface area contributed by atoms with Crippen LogP contribution in [0, 0.1) is 12.7 Å². The fourth-order valence-electron chi connectivity index (χ4n) is 5.75. The van der Waals surface area contributed by atoms with E-state index in [1.807, 2.05) is 4.90 Å². The molecule has 45 heavy (non-hydrogen) atoms. The van der Waals surface area contributed by atoms with Crippen molar-refractivity contribution in [2.24, 2.45) is 5.73 Å². The predicted octanol–water partition coefficient (Wildman–Crippen LogP) is 3.95. The van der Waals surface area contributed by atoms with E-state index in [-0.39, 0.29) is 17.9 Å². The molecule has 0 spiro atoms. The first-order valence-electron chi connectivity index (χ1n) is 14.4. The smallest absolute Gasteiger partial charge is 0.416 e. The number of ether oxygens (including phenoxy) is 1. The average Bonchev–Trinajstić information content (AvgIpc) is 3.03. The third-order valence-corrected chi connectivity index (χ3v) is 8.17. The number of piperazine rings is 1. The number of anilines is 1. The molecule has 1 aliphatic heterocycles. The number of hydrogen-bond donors (Lipinski definition) is 1. The van der Waals surface area contributed by atoms with Crippen molar-refractivity contribution in [2.45, 2.75) is 38.8 Å². The van der Waals surface area contributed by atoms with Crippen LogP contribution >= 0.6 is 0 Å². The van der Waals surface area contributed by atoms with Gasteiger partial charge in [0.1, 0.15) is 17.3 Å². The van der Waals surface area contributed by atoms with Crippen LogP contribution < -0.4 is 26.6 Å². The quantitative estimate of drug-likeness (QED) is 0.281. The summed E-state index contributed by atoms with van der Waals surface area (Å²) in [7, 11) is 1.59. The van der Waals surface area contributed by atoms with Gasteiger partial charge in [-0.15, -0.1) is 0 Å². The molecular formula is C32H34F4N6O3. The van der Waals surface area contributed by atoms with E-state index in [9.17, 15) is 27.2 Å². The van der Waals surface area contributed by atoms with Crippen molar-refractivity contribution in [3.05, 3.63) is 122 Å². The molecule has 1 aliphatic rings. The van der Waals surface area contributed by atoms with Crippen LogP contribution in [0.5, 0.6) is 5.75 Å². The number of nitrogens with two attached hydrogens (primary N) is 1. The minimum absolute atomic E-state index is 0.147. The fourth-order valence-corrected chi connectivity index (χ4v) is 5.75. The molecule has 1 atom stereocenters. The van der Waals surface area contributed by atoms with Gasteiger partial charge >= 0.3 is 11.9 Å². The molecule has 1 fully saturated rings. The topological polar surface area (TPSA) is 98.6 Å². The maximum Gasteiger partial charge on any atom is 0.416 e. The van der Waals surface area contributed by atoms with E-state index in [0.29, 0.717) is 44.0 Å². The number of aromatic nitrogens is 3. The van der Waals surface area contributed by atoms with Crippen LogP contribution in [0.25, 0.3) is 0 Å². The van der Waals surface area contributed by atoms with Crippen LogP contribution in [0.3, 0.4) is 0 Å². The van der Waals surface area contributed by atoms with Gasteiger partial charge in [0.15, 0.2) is 0 Å². The summed E-state index contributed by atoms with van der Waals surface area (Å²) in [6.45, 7) is 3.01. The maximum atomic E-state index is 14.9. The largest absolute Gasteiger partial charge is 0.496 e. The number of benzene rings is 2. The first-order chi connectivity index (χ1) is 21.5. The Morgan fingerprint density at radius 1 is 0.956 bits per heavy atom. The average molecular weight is 627 g/mol. The lowest BCUT2D eigenvalue weighted by atomic mass is 10.1. The molecule has 1 saturated heterocycles. The summed E-state index contributed by atoms with van der Waals surface area (Å²) in [4.78, 5) is 36.0. The SMILES string of the molecule is COc1ccncc1CN1CCN(c2c(C)n(Cc3c(F)cccc3C(F)(F)F)c(=O)n(C[C@@H](N)c3ccccc3)c2=O)CC1. The van der Waals surface area contributed by atoms with Gasteiger partial charge in [-0.05, 0) is 30.7 Å². The summed E-state index contributed by atoms with van der Waals surface area (Å²) in [5, 5.41) is 0. The molecule has 238 valence electrons. The summed E-state index contributed by atoms with van der Waals surface area (Å²) in [5.41, 5.74) is 4.94. The van der Waals surface area contributed by atoms with E-state index < -0.39 is 47.0 Å². The van der Waals surface area contributed by atoms with Crippen molar-refractivity contribution in [3.63, 3.8) is 0 Å². The first-order valence-corrected chi connectivity index (χ1v) is 14.4. The summed E-state index contributed by atoms with van der Waals surface area (Å²) in [6, 6.07) is 12.6. The molecule has 4 aromatic rings. The summed E-state index contributed by atoms with van der Waals surface area (Å²) >= 11 is 0. The minimum Gasteiger partial charge on any atom is -0.496 e. The lowest BCUT2D eigenvalue weighted by Gasteiger charge is -2.37. The molecular weight excluding hydrogens is 592 g/mol. The number of hydrogen-bond acceptors (Lipinski definition) is 7. The van der Waals surface area contributed by atoms with E-state index >= 15 is 0 Å². The van der Waals surface area contributed by atoms with Crippen LogP contribution in [-0.4, -0.2) is 52.3 Å². The standard InChI is InChI=1S/C32H34F4N6O3/c1-21-29(40-15-13-39(14-16-40)18-23-17-38-12-11-28(23)45-2)30(43)42(20-27(37)22-7-4-3-5-8-22)31(44)41(21)19-24-25(32(34,35)36)9-6-10-26(24)33/h3-12,17,27H,13-16,18-20,37H2,1-2H3/t27-/m1/s1. The molecule has 0 aliphatic carbocycles. The molecule has 9 nitrogen and oxygen atoms in total. The van der Waals surface area contributed by atoms with Gasteiger partial charge in [-0.3, -0.25) is 23.8 Å². The zero-order valence-electron chi connectivity index (χ0n) is 24.9. The van der Waals surface area contributed by atoms with E-state index in [4.69, 9.17) is 10.5 Å². The van der Waals surface area contributed by atoms with Gasteiger partial charge in [0.05, 0.1) is 25.8 Å². The van der Waals surface area contributed by atoms with Crippen LogP contribution in [0.15, 0.2) is 76.6 Å². The fraction of sp³-hybridized carbons (Fsp3) is 0.344. The van der Waals surface area contributed by atoms with Crippen LogP contribution in [0.4, 0.5) is 23.2 Å². The predicted molar refractivity (Wildman–Crippen MR) is 162 cm³/mol. The Bertz CT molecular complexity index is 1770. The molecule has 2 aromatic carbocycles. The Hall–Kier alpha value is -4.49. The number of pyridine rings is 1. The monoisotopic (exact) mass is 626 g/mol. The maximum absolute atomic E-state index is 14.9. The molecule has 2 N–H and O–H groups in total. The number of rotatable bonds is 9. The lowest BCUT2D eigenvalue weighted by Crippen LogP contribution is -2.51. The van der Waals surface area contributed by atoms with Crippen molar-refractivity contribution in [2.75, 3.05) is 38.2 Å². The Kier molecular flexibility index (Phi) is 9.40. The second kappa shape index (κ2) is 13.2. The van der Waals surface area contributed by atoms with Gasteiger partial charge in [-0.25, -0.2) is 9.18 Å². The van der Waals surface area contributed by atoms with Gasteiger partial charge in [0, 0.05) is 68.0 Å². The van der Waals surface area contributed by atoms with Crippen LogP contribution in [0.1, 0.15) is 34.0 Å². The van der Waals surface area contributed by atoms with E-state index in [2.05, 4.69) is 9.88 Å². The van der Waals surface area contributed by atoms with Gasteiger partial charge in [0.25, 0.3) is 5.56 Å². The Morgan fingerprint density at radius 3 is 2.33 bits per heavy atom. The van der Waals surface area contributed by atoms with Crippen molar-refractivity contribution in [3.8, 4) is 5.75 Å². The summed E-state index contributed by atoms with van der Waals surface area (Å²) in [6.07, 6.45) is -1.47. The molecule has 2 aromatic heterocycles. The zero-order valence-corrected chi connectivity index (χ0v) is 24.9. The lowest BCUT2D eigenvalue weighted by molar-refractivity contribution is -0.138. The molecule has 0 unspecified atom stereocenters. The molecule has 5 rings (SSSR count). The van der Waals surface area contributed by atoms with Crippen LogP contribution in [0.2, 0.25) is 0 Å². The number of nitrogens with zero attached hydrogens (tertiary/aromatic N) is 5. The van der Waals surface area contributed by atoms with Crippen molar-refractivity contribution in [1.29, 1.82) is 0 Å². The molecule has 0 amide bonds. The molecule has 0 radical (unpaired) electrons. The number of alkyl halides is 3. The van der Waals surface area contributed by atoms with Crippen LogP contribution in [-0.2, 0) is 25.8 Å². The Balaban J connectivity index is 1.53. The second-order valence-corrected chi connectivity index (χ2v) is 11.0. The Morgan fingerprint density at radius 2 is 1.67 bits per heavy atom. The third kappa shape index (κ3) is 6.79. The highest BCUT2D eigenvalue weighted by Gasteiger charge is 2.35. The van der Waals surface area contributed by atoms with Gasteiger partial charge in [-0.1, -0.05) is 36.4 Å². The molecule has 13 heteroatoms. The van der Waals surface area contributed by atoms with Gasteiger partial charge in [-0.2, -0.15) is 13.2 Å². The number of methoxy groups -OCH3 is 1.